The van der Waals surface area contributed by atoms with Crippen LogP contribution in [0, 0.1) is 5.92 Å². The Morgan fingerprint density at radius 3 is 2.30 bits per heavy atom. The molecule has 1 aliphatic heterocycles. The van der Waals surface area contributed by atoms with Crippen molar-refractivity contribution in [2.75, 3.05) is 5.75 Å². The maximum Gasteiger partial charge on any atom is 0.322 e. The Bertz CT molecular complexity index is 483. The first-order valence-corrected chi connectivity index (χ1v) is 9.94. The number of hydrogen-bond donors (Lipinski definition) is 1. The summed E-state index contributed by atoms with van der Waals surface area (Å²) in [5.74, 6) is -0.245. The van der Waals surface area contributed by atoms with Crippen LogP contribution in [0.1, 0.15) is 44.9 Å². The zero-order valence-electron chi connectivity index (χ0n) is 11.4. The van der Waals surface area contributed by atoms with Crippen LogP contribution < -0.4 is 0 Å². The second-order valence-electron chi connectivity index (χ2n) is 6.05. The van der Waals surface area contributed by atoms with Gasteiger partial charge in [0.05, 0.1) is 10.6 Å². The standard InChI is InChI=1S/C13H21NO4S2/c15-13(16)11-8-19-12(9-6-7-9)14(11)20(17,18)10-4-2-1-3-5-10/h9-12H,1-8H2,(H,15,16). The third-order valence-electron chi connectivity index (χ3n) is 4.56. The average molecular weight is 319 g/mol. The Morgan fingerprint density at radius 2 is 1.75 bits per heavy atom. The molecule has 3 aliphatic rings. The number of carbonyl (C=O) groups is 1. The van der Waals surface area contributed by atoms with Crippen molar-refractivity contribution < 1.29 is 18.3 Å². The van der Waals surface area contributed by atoms with E-state index in [0.717, 1.165) is 32.1 Å². The molecule has 0 amide bonds. The third kappa shape index (κ3) is 2.60. The van der Waals surface area contributed by atoms with Gasteiger partial charge < -0.3 is 5.11 Å². The summed E-state index contributed by atoms with van der Waals surface area (Å²) in [6.45, 7) is 0. The molecule has 3 rings (SSSR count). The average Bonchev–Trinajstić information content (AvgIpc) is 3.17. The van der Waals surface area contributed by atoms with Gasteiger partial charge in [-0.3, -0.25) is 4.79 Å². The van der Waals surface area contributed by atoms with E-state index in [4.69, 9.17) is 0 Å². The van der Waals surface area contributed by atoms with Gasteiger partial charge in [-0.2, -0.15) is 4.31 Å². The van der Waals surface area contributed by atoms with Crippen molar-refractivity contribution >= 4 is 27.8 Å². The van der Waals surface area contributed by atoms with Crippen LogP contribution in [0.25, 0.3) is 0 Å². The Morgan fingerprint density at radius 1 is 1.10 bits per heavy atom. The molecule has 20 heavy (non-hydrogen) atoms. The van der Waals surface area contributed by atoms with E-state index in [-0.39, 0.29) is 10.6 Å². The van der Waals surface area contributed by atoms with Gasteiger partial charge in [-0.05, 0) is 31.6 Å². The van der Waals surface area contributed by atoms with Gasteiger partial charge in [0.25, 0.3) is 0 Å². The molecule has 2 aliphatic carbocycles. The quantitative estimate of drug-likeness (QED) is 0.856. The predicted molar refractivity (Wildman–Crippen MR) is 78.0 cm³/mol. The number of carboxylic acids is 1. The first-order valence-electron chi connectivity index (χ1n) is 7.38. The molecule has 2 unspecified atom stereocenters. The van der Waals surface area contributed by atoms with Gasteiger partial charge in [0.1, 0.15) is 6.04 Å². The Labute approximate surface area is 124 Å². The molecule has 0 aromatic carbocycles. The molecule has 7 heteroatoms. The molecular formula is C13H21NO4S2. The third-order valence-corrected chi connectivity index (χ3v) is 8.54. The lowest BCUT2D eigenvalue weighted by atomic mass is 10.0. The minimum absolute atomic E-state index is 0.136. The molecule has 114 valence electrons. The van der Waals surface area contributed by atoms with E-state index in [9.17, 15) is 18.3 Å². The van der Waals surface area contributed by atoms with E-state index >= 15 is 0 Å². The highest BCUT2D eigenvalue weighted by Crippen LogP contribution is 2.47. The summed E-state index contributed by atoms with van der Waals surface area (Å²) in [6, 6.07) is -0.863. The van der Waals surface area contributed by atoms with Crippen LogP contribution in [0.5, 0.6) is 0 Å². The number of thioether (sulfide) groups is 1. The van der Waals surface area contributed by atoms with E-state index in [0.29, 0.717) is 24.5 Å². The minimum Gasteiger partial charge on any atom is -0.480 e. The fourth-order valence-corrected chi connectivity index (χ4v) is 7.69. The number of rotatable bonds is 4. The van der Waals surface area contributed by atoms with E-state index in [2.05, 4.69) is 0 Å². The van der Waals surface area contributed by atoms with Gasteiger partial charge in [-0.25, -0.2) is 8.42 Å². The predicted octanol–water partition coefficient (Wildman–Crippen LogP) is 1.89. The van der Waals surface area contributed by atoms with Crippen molar-refractivity contribution in [3.8, 4) is 0 Å². The number of aliphatic carboxylic acids is 1. The second-order valence-corrected chi connectivity index (χ2v) is 9.32. The van der Waals surface area contributed by atoms with Crippen molar-refractivity contribution in [3.63, 3.8) is 0 Å². The Balaban J connectivity index is 1.87. The fourth-order valence-electron chi connectivity index (χ4n) is 3.28. The highest BCUT2D eigenvalue weighted by Gasteiger charge is 2.52. The van der Waals surface area contributed by atoms with Gasteiger partial charge in [-0.15, -0.1) is 11.8 Å². The van der Waals surface area contributed by atoms with Crippen molar-refractivity contribution in [1.82, 2.24) is 4.31 Å². The Hall–Kier alpha value is -0.270. The van der Waals surface area contributed by atoms with Crippen LogP contribution in [-0.4, -0.2) is 46.2 Å². The lowest BCUT2D eigenvalue weighted by Gasteiger charge is -2.32. The summed E-state index contributed by atoms with van der Waals surface area (Å²) < 4.78 is 27.2. The molecule has 2 saturated carbocycles. The molecule has 1 saturated heterocycles. The highest BCUT2D eigenvalue weighted by molar-refractivity contribution is 8.01. The van der Waals surface area contributed by atoms with Crippen molar-refractivity contribution in [2.24, 2.45) is 5.92 Å². The molecule has 0 aromatic rings. The van der Waals surface area contributed by atoms with Crippen molar-refractivity contribution in [2.45, 2.75) is 61.6 Å². The lowest BCUT2D eigenvalue weighted by Crippen LogP contribution is -2.50. The topological polar surface area (TPSA) is 74.7 Å². The highest BCUT2D eigenvalue weighted by atomic mass is 32.2. The maximum absolute atomic E-state index is 12.9. The number of nitrogens with zero attached hydrogens (tertiary/aromatic N) is 1. The van der Waals surface area contributed by atoms with E-state index in [1.165, 1.54) is 16.1 Å². The van der Waals surface area contributed by atoms with Crippen LogP contribution in [0.2, 0.25) is 0 Å². The normalized spacial score (nSPS) is 33.4. The van der Waals surface area contributed by atoms with Crippen LogP contribution >= 0.6 is 11.8 Å². The van der Waals surface area contributed by atoms with Gasteiger partial charge in [0, 0.05) is 5.75 Å². The summed E-state index contributed by atoms with van der Waals surface area (Å²) in [7, 11) is -3.48. The second kappa shape index (κ2) is 5.50. The van der Waals surface area contributed by atoms with Gasteiger partial charge in [-0.1, -0.05) is 19.3 Å². The zero-order valence-corrected chi connectivity index (χ0v) is 13.0. The van der Waals surface area contributed by atoms with Crippen LogP contribution in [0.3, 0.4) is 0 Å². The monoisotopic (exact) mass is 319 g/mol. The molecule has 0 spiro atoms. The summed E-state index contributed by atoms with van der Waals surface area (Å²) in [5.41, 5.74) is 0. The lowest BCUT2D eigenvalue weighted by molar-refractivity contribution is -0.140. The SMILES string of the molecule is O=C(O)C1CSC(C2CC2)N1S(=O)(=O)C1CCCCC1. The molecule has 5 nitrogen and oxygen atoms in total. The number of sulfonamides is 1. The first kappa shape index (κ1) is 14.7. The fraction of sp³-hybridized carbons (Fsp3) is 0.923. The van der Waals surface area contributed by atoms with Gasteiger partial charge in [0.15, 0.2) is 0 Å². The molecule has 3 fully saturated rings. The largest absolute Gasteiger partial charge is 0.480 e. The molecule has 1 N–H and O–H groups in total. The smallest absolute Gasteiger partial charge is 0.322 e. The van der Waals surface area contributed by atoms with Crippen molar-refractivity contribution in [3.05, 3.63) is 0 Å². The van der Waals surface area contributed by atoms with Gasteiger partial charge in [0.2, 0.25) is 10.0 Å². The zero-order chi connectivity index (χ0) is 14.3. The maximum atomic E-state index is 12.9. The van der Waals surface area contributed by atoms with E-state index < -0.39 is 22.0 Å². The molecular weight excluding hydrogens is 298 g/mol. The summed E-state index contributed by atoms with van der Waals surface area (Å²) in [5, 5.41) is 8.85. The molecule has 0 bridgehead atoms. The first-order chi connectivity index (χ1) is 9.51. The number of carboxylic acid groups (broad SMARTS) is 1. The molecule has 2 atom stereocenters. The summed E-state index contributed by atoms with van der Waals surface area (Å²) in [4.78, 5) is 11.4. The van der Waals surface area contributed by atoms with Crippen LogP contribution in [0.15, 0.2) is 0 Å². The van der Waals surface area contributed by atoms with Crippen LogP contribution in [-0.2, 0) is 14.8 Å². The molecule has 0 radical (unpaired) electrons. The van der Waals surface area contributed by atoms with Crippen molar-refractivity contribution in [1.29, 1.82) is 0 Å². The molecule has 1 heterocycles. The van der Waals surface area contributed by atoms with Gasteiger partial charge >= 0.3 is 5.97 Å². The minimum atomic E-state index is -3.48. The van der Waals surface area contributed by atoms with Crippen LogP contribution in [0.4, 0.5) is 0 Å². The van der Waals surface area contributed by atoms with E-state index in [1.54, 1.807) is 0 Å². The van der Waals surface area contributed by atoms with E-state index in [1.807, 2.05) is 0 Å². The number of hydrogen-bond acceptors (Lipinski definition) is 4. The molecule has 0 aromatic heterocycles. The summed E-state index contributed by atoms with van der Waals surface area (Å²) in [6.07, 6.45) is 6.41. The Kier molecular flexibility index (Phi) is 4.03. The summed E-state index contributed by atoms with van der Waals surface area (Å²) >= 11 is 1.51.